The van der Waals surface area contributed by atoms with Crippen molar-refractivity contribution in [2.75, 3.05) is 13.2 Å². The molecule has 3 aliphatic rings. The van der Waals surface area contributed by atoms with E-state index in [1.54, 1.807) is 6.08 Å². The Bertz CT molecular complexity index is 729. The van der Waals surface area contributed by atoms with Crippen LogP contribution in [0.15, 0.2) is 29.0 Å². The number of carbonyl (C=O) groups excluding carboxylic acids is 2. The van der Waals surface area contributed by atoms with Gasteiger partial charge in [0.1, 0.15) is 6.61 Å². The lowest BCUT2D eigenvalue weighted by Gasteiger charge is -2.54. The number of ether oxygens (including phenoxy) is 1. The number of oxime groups is 1. The highest BCUT2D eigenvalue weighted by Crippen LogP contribution is 2.57. The van der Waals surface area contributed by atoms with Crippen LogP contribution in [0.4, 0.5) is 0 Å². The van der Waals surface area contributed by atoms with Crippen molar-refractivity contribution in [1.29, 1.82) is 0 Å². The Morgan fingerprint density at radius 3 is 2.89 bits per heavy atom. The molecular formula is C21H31N3O4. The molecule has 2 fully saturated rings. The maximum absolute atomic E-state index is 12.2. The number of hydrogen-bond donors (Lipinski definition) is 3. The van der Waals surface area contributed by atoms with Gasteiger partial charge < -0.3 is 21.0 Å². The zero-order valence-electron chi connectivity index (χ0n) is 16.7. The summed E-state index contributed by atoms with van der Waals surface area (Å²) in [5.74, 6) is 0.0000256. The second kappa shape index (κ2) is 8.07. The largest absolute Gasteiger partial charge is 0.458 e. The average Bonchev–Trinajstić information content (AvgIpc) is 3.06. The van der Waals surface area contributed by atoms with E-state index < -0.39 is 5.91 Å². The van der Waals surface area contributed by atoms with Crippen LogP contribution < -0.4 is 11.1 Å². The molecule has 0 aromatic heterocycles. The van der Waals surface area contributed by atoms with Gasteiger partial charge in [-0.05, 0) is 55.4 Å². The van der Waals surface area contributed by atoms with Crippen LogP contribution in [0.2, 0.25) is 0 Å². The minimum atomic E-state index is -0.460. The van der Waals surface area contributed by atoms with Gasteiger partial charge in [-0.1, -0.05) is 31.2 Å². The Morgan fingerprint density at radius 1 is 1.54 bits per heavy atom. The van der Waals surface area contributed by atoms with Gasteiger partial charge in [-0.2, -0.15) is 0 Å². The zero-order valence-corrected chi connectivity index (χ0v) is 16.7. The molecule has 7 heteroatoms. The smallest absolute Gasteiger partial charge is 0.335 e. The summed E-state index contributed by atoms with van der Waals surface area (Å²) in [7, 11) is 0. The average molecular weight is 389 g/mol. The summed E-state index contributed by atoms with van der Waals surface area (Å²) in [6.45, 7) is 9.06. The number of nitrogens with two attached hydrogens (primary N) is 1. The highest BCUT2D eigenvalue weighted by Gasteiger charge is 2.51. The topological polar surface area (TPSA) is 114 Å². The van der Waals surface area contributed by atoms with Crippen molar-refractivity contribution in [3.8, 4) is 0 Å². The van der Waals surface area contributed by atoms with Gasteiger partial charge in [-0.3, -0.25) is 4.79 Å². The van der Waals surface area contributed by atoms with E-state index in [1.165, 1.54) is 5.57 Å². The summed E-state index contributed by atoms with van der Waals surface area (Å²) in [6.07, 6.45) is 6.07. The summed E-state index contributed by atoms with van der Waals surface area (Å²) in [4.78, 5) is 23.5. The summed E-state index contributed by atoms with van der Waals surface area (Å²) in [5.41, 5.74) is 7.96. The van der Waals surface area contributed by atoms with E-state index in [0.717, 1.165) is 31.4 Å². The second-order valence-electron chi connectivity index (χ2n) is 8.64. The number of amides is 1. The van der Waals surface area contributed by atoms with Crippen LogP contribution in [0.5, 0.6) is 0 Å². The first-order valence-corrected chi connectivity index (χ1v) is 10.0. The molecular weight excluding hydrogens is 358 g/mol. The lowest BCUT2D eigenvalue weighted by atomic mass is 9.50. The molecule has 0 saturated heterocycles. The van der Waals surface area contributed by atoms with Crippen LogP contribution in [-0.4, -0.2) is 42.0 Å². The first kappa shape index (κ1) is 20.6. The SMILES string of the molecule is C=C1CCC2[C@@H](C)/C(=N/O)CC[C@]2(C)[C@@H]1CC(NCC(N)=O)C1=CCOC1=O. The van der Waals surface area contributed by atoms with Gasteiger partial charge in [0.25, 0.3) is 0 Å². The van der Waals surface area contributed by atoms with E-state index in [1.807, 2.05) is 0 Å². The van der Waals surface area contributed by atoms with Crippen LogP contribution in [0.3, 0.4) is 0 Å². The van der Waals surface area contributed by atoms with E-state index in [4.69, 9.17) is 10.5 Å². The van der Waals surface area contributed by atoms with Gasteiger partial charge in [0.2, 0.25) is 5.91 Å². The Kier molecular flexibility index (Phi) is 5.93. The monoisotopic (exact) mass is 389 g/mol. The highest BCUT2D eigenvalue weighted by atomic mass is 16.5. The van der Waals surface area contributed by atoms with Gasteiger partial charge in [0.05, 0.1) is 17.8 Å². The van der Waals surface area contributed by atoms with Crippen molar-refractivity contribution in [2.24, 2.45) is 34.1 Å². The van der Waals surface area contributed by atoms with Crippen LogP contribution in [0.1, 0.15) is 46.0 Å². The number of allylic oxidation sites excluding steroid dienone is 1. The number of esters is 1. The quantitative estimate of drug-likeness (QED) is 0.279. The summed E-state index contributed by atoms with van der Waals surface area (Å²) in [6, 6.07) is -0.303. The molecule has 2 saturated carbocycles. The van der Waals surface area contributed by atoms with E-state index in [-0.39, 0.29) is 42.4 Å². The molecule has 0 aromatic carbocycles. The lowest BCUT2D eigenvalue weighted by molar-refractivity contribution is -0.136. The molecule has 28 heavy (non-hydrogen) atoms. The number of primary amides is 1. The Hall–Kier alpha value is -2.15. The third-order valence-corrected chi connectivity index (χ3v) is 7.21. The predicted molar refractivity (Wildman–Crippen MR) is 106 cm³/mol. The van der Waals surface area contributed by atoms with E-state index >= 15 is 0 Å². The molecule has 0 radical (unpaired) electrons. The first-order valence-electron chi connectivity index (χ1n) is 10.0. The number of hydrogen-bond acceptors (Lipinski definition) is 6. The Morgan fingerprint density at radius 2 is 2.29 bits per heavy atom. The van der Waals surface area contributed by atoms with Crippen molar-refractivity contribution in [2.45, 2.75) is 52.0 Å². The third kappa shape index (κ3) is 3.72. The van der Waals surface area contributed by atoms with Crippen LogP contribution in [0, 0.1) is 23.2 Å². The number of nitrogens with one attached hydrogen (secondary N) is 1. The van der Waals surface area contributed by atoms with Gasteiger partial charge in [-0.25, -0.2) is 4.79 Å². The number of cyclic esters (lactones) is 1. The predicted octanol–water partition coefficient (Wildman–Crippen LogP) is 2.15. The summed E-state index contributed by atoms with van der Waals surface area (Å²) in [5, 5.41) is 16.0. The molecule has 0 bridgehead atoms. The molecule has 5 atom stereocenters. The Balaban J connectivity index is 1.87. The molecule has 4 N–H and O–H groups in total. The van der Waals surface area contributed by atoms with Crippen molar-refractivity contribution in [3.05, 3.63) is 23.8 Å². The maximum Gasteiger partial charge on any atom is 0.335 e. The fraction of sp³-hybridized carbons (Fsp3) is 0.667. The second-order valence-corrected chi connectivity index (χ2v) is 8.64. The van der Waals surface area contributed by atoms with Crippen LogP contribution >= 0.6 is 0 Å². The molecule has 0 aromatic rings. The molecule has 154 valence electrons. The molecule has 1 amide bonds. The summed E-state index contributed by atoms with van der Waals surface area (Å²) >= 11 is 0. The molecule has 1 aliphatic heterocycles. The molecule has 0 spiro atoms. The van der Waals surface area contributed by atoms with Gasteiger partial charge in [0, 0.05) is 12.0 Å². The molecule has 2 unspecified atom stereocenters. The van der Waals surface area contributed by atoms with Gasteiger partial charge in [0.15, 0.2) is 0 Å². The molecule has 3 rings (SSSR count). The standard InChI is InChI=1S/C21H31N3O4/c1-12-4-5-15-13(2)17(24-27)6-8-21(15,3)16(12)10-18(23-11-19(22)25)14-7-9-28-20(14)26/h7,13,15-16,18,23,27H,1,4-6,8-11H2,2-3H3,(H2,22,25)/b24-17+/t13-,15?,16-,18?,21+/m1/s1. The number of nitrogens with zero attached hydrogens (tertiary/aromatic N) is 1. The van der Waals surface area contributed by atoms with E-state index in [0.29, 0.717) is 17.9 Å². The number of rotatable bonds is 6. The maximum atomic E-state index is 12.2. The number of fused-ring (bicyclic) bond motifs is 1. The molecule has 2 aliphatic carbocycles. The minimum absolute atomic E-state index is 0.00133. The minimum Gasteiger partial charge on any atom is -0.458 e. The van der Waals surface area contributed by atoms with Crippen LogP contribution in [-0.2, 0) is 14.3 Å². The zero-order chi connectivity index (χ0) is 20.5. The Labute approximate surface area is 166 Å². The normalized spacial score (nSPS) is 35.3. The van der Waals surface area contributed by atoms with Crippen molar-refractivity contribution < 1.29 is 19.5 Å². The van der Waals surface area contributed by atoms with Crippen molar-refractivity contribution in [1.82, 2.24) is 5.32 Å². The lowest BCUT2D eigenvalue weighted by Crippen LogP contribution is -2.50. The van der Waals surface area contributed by atoms with Crippen LogP contribution in [0.25, 0.3) is 0 Å². The van der Waals surface area contributed by atoms with Gasteiger partial charge in [-0.15, -0.1) is 0 Å². The van der Waals surface area contributed by atoms with E-state index in [9.17, 15) is 14.8 Å². The van der Waals surface area contributed by atoms with Crippen molar-refractivity contribution >= 4 is 17.6 Å². The fourth-order valence-electron chi connectivity index (χ4n) is 5.62. The molecule has 1 heterocycles. The first-order chi connectivity index (χ1) is 13.3. The van der Waals surface area contributed by atoms with E-state index in [2.05, 4.69) is 30.9 Å². The van der Waals surface area contributed by atoms with Crippen molar-refractivity contribution in [3.63, 3.8) is 0 Å². The molecule has 7 nitrogen and oxygen atoms in total. The third-order valence-electron chi connectivity index (χ3n) is 7.21. The number of carbonyl (C=O) groups is 2. The van der Waals surface area contributed by atoms with Gasteiger partial charge >= 0.3 is 5.97 Å². The fourth-order valence-corrected chi connectivity index (χ4v) is 5.62. The summed E-state index contributed by atoms with van der Waals surface area (Å²) < 4.78 is 5.09. The highest BCUT2D eigenvalue weighted by molar-refractivity contribution is 5.92.